The quantitative estimate of drug-likeness (QED) is 0.720. The fourth-order valence-corrected chi connectivity index (χ4v) is 2.27. The van der Waals surface area contributed by atoms with Crippen LogP contribution in [0.25, 0.3) is 0 Å². The summed E-state index contributed by atoms with van der Waals surface area (Å²) in [5, 5.41) is 3.39. The second-order valence-corrected chi connectivity index (χ2v) is 5.43. The van der Waals surface area contributed by atoms with Crippen molar-refractivity contribution in [3.63, 3.8) is 0 Å². The molecule has 2 unspecified atom stereocenters. The van der Waals surface area contributed by atoms with E-state index in [2.05, 4.69) is 53.1 Å². The average Bonchev–Trinajstić information content (AvgIpc) is 2.05. The minimum atomic E-state index is -0.320. The van der Waals surface area contributed by atoms with Gasteiger partial charge in [0.25, 0.3) is 0 Å². The summed E-state index contributed by atoms with van der Waals surface area (Å²) in [5.41, 5.74) is -0.450. The Kier molecular flexibility index (Phi) is 2.33. The molecular weight excluding hydrogens is 244 g/mol. The Morgan fingerprint density at radius 1 is 1.57 bits per heavy atom. The lowest BCUT2D eigenvalue weighted by Crippen LogP contribution is -2.62. The van der Waals surface area contributed by atoms with Crippen LogP contribution < -0.4 is 5.32 Å². The van der Waals surface area contributed by atoms with Gasteiger partial charge in [0.2, 0.25) is 0 Å². The Labute approximate surface area is 92.7 Å². The highest BCUT2D eigenvalue weighted by Crippen LogP contribution is 2.32. The fourth-order valence-electron chi connectivity index (χ4n) is 1.93. The summed E-state index contributed by atoms with van der Waals surface area (Å²) in [6, 6.07) is 0. The third kappa shape index (κ3) is 1.78. The summed E-state index contributed by atoms with van der Waals surface area (Å²) in [6.45, 7) is 7.06. The van der Waals surface area contributed by atoms with Crippen LogP contribution in [0.3, 0.4) is 0 Å². The number of nitrogens with zero attached hydrogens (tertiary/aromatic N) is 1. The van der Waals surface area contributed by atoms with Crippen molar-refractivity contribution in [3.05, 3.63) is 12.2 Å². The molecule has 0 spiro atoms. The van der Waals surface area contributed by atoms with Gasteiger partial charge in [-0.05, 0) is 48.9 Å². The predicted octanol–water partition coefficient (Wildman–Crippen LogP) is 1.83. The molecule has 78 valence electrons. The second kappa shape index (κ2) is 3.15. The van der Waals surface area contributed by atoms with Crippen molar-refractivity contribution in [2.24, 2.45) is 4.99 Å². The lowest BCUT2D eigenvalue weighted by Gasteiger charge is -2.47. The maximum atomic E-state index is 6.04. The van der Waals surface area contributed by atoms with Crippen LogP contribution in [0, 0.1) is 0 Å². The van der Waals surface area contributed by atoms with Crippen LogP contribution in [0.4, 0.5) is 0 Å². The van der Waals surface area contributed by atoms with Crippen LogP contribution in [-0.4, -0.2) is 28.5 Å². The van der Waals surface area contributed by atoms with Crippen LogP contribution in [0.15, 0.2) is 17.1 Å². The second-order valence-electron chi connectivity index (χ2n) is 4.61. The highest BCUT2D eigenvalue weighted by Gasteiger charge is 2.44. The molecule has 0 radical (unpaired) electrons. The molecule has 1 saturated heterocycles. The molecule has 3 nitrogen and oxygen atoms in total. The minimum Gasteiger partial charge on any atom is -0.360 e. The minimum absolute atomic E-state index is 0.0231. The SMILES string of the molecule is CC1(C)CNC2N=C(Br)C=CC2(C)O1. The smallest absolute Gasteiger partial charge is 0.134 e. The molecule has 0 bridgehead atoms. The topological polar surface area (TPSA) is 33.6 Å². The van der Waals surface area contributed by atoms with E-state index in [1.807, 2.05) is 6.08 Å². The van der Waals surface area contributed by atoms with Crippen LogP contribution in [-0.2, 0) is 4.74 Å². The first-order valence-corrected chi connectivity index (χ1v) is 5.57. The molecule has 0 aromatic rings. The number of halogens is 1. The molecule has 4 heteroatoms. The van der Waals surface area contributed by atoms with Gasteiger partial charge in [-0.2, -0.15) is 0 Å². The fraction of sp³-hybridized carbons (Fsp3) is 0.700. The molecule has 2 aliphatic heterocycles. The molecule has 2 atom stereocenters. The average molecular weight is 259 g/mol. The van der Waals surface area contributed by atoms with Crippen LogP contribution in [0.2, 0.25) is 0 Å². The number of aliphatic imine (C=N–C) groups is 1. The number of nitrogens with one attached hydrogen (secondary N) is 1. The van der Waals surface area contributed by atoms with Crippen molar-refractivity contribution in [3.8, 4) is 0 Å². The molecule has 0 amide bonds. The van der Waals surface area contributed by atoms with Crippen molar-refractivity contribution < 1.29 is 4.74 Å². The van der Waals surface area contributed by atoms with Gasteiger partial charge in [0.05, 0.1) is 5.60 Å². The molecule has 2 aliphatic rings. The molecule has 0 saturated carbocycles. The highest BCUT2D eigenvalue weighted by atomic mass is 79.9. The van der Waals surface area contributed by atoms with Crippen molar-refractivity contribution in [1.29, 1.82) is 0 Å². The number of dihydropyridines is 1. The Morgan fingerprint density at radius 2 is 2.29 bits per heavy atom. The van der Waals surface area contributed by atoms with Gasteiger partial charge >= 0.3 is 0 Å². The van der Waals surface area contributed by atoms with Gasteiger partial charge in [0, 0.05) is 6.54 Å². The van der Waals surface area contributed by atoms with E-state index >= 15 is 0 Å². The molecule has 2 rings (SSSR count). The molecule has 1 N–H and O–H groups in total. The number of morpholine rings is 1. The number of fused-ring (bicyclic) bond motifs is 1. The van der Waals surface area contributed by atoms with Gasteiger partial charge < -0.3 is 4.74 Å². The molecule has 0 aliphatic carbocycles. The predicted molar refractivity (Wildman–Crippen MR) is 60.9 cm³/mol. The molecule has 0 aromatic heterocycles. The van der Waals surface area contributed by atoms with Gasteiger partial charge in [-0.1, -0.05) is 0 Å². The van der Waals surface area contributed by atoms with Crippen molar-refractivity contribution in [1.82, 2.24) is 5.32 Å². The molecule has 14 heavy (non-hydrogen) atoms. The number of allylic oxidation sites excluding steroid dienone is 1. The summed E-state index contributed by atoms with van der Waals surface area (Å²) >= 11 is 3.37. The Bertz CT molecular complexity index is 311. The first-order valence-electron chi connectivity index (χ1n) is 4.77. The van der Waals surface area contributed by atoms with Gasteiger partial charge in [0.15, 0.2) is 0 Å². The van der Waals surface area contributed by atoms with E-state index in [1.165, 1.54) is 0 Å². The zero-order valence-corrected chi connectivity index (χ0v) is 10.3. The summed E-state index contributed by atoms with van der Waals surface area (Å²) in [6.07, 6.45) is 4.03. The first-order chi connectivity index (χ1) is 6.41. The summed E-state index contributed by atoms with van der Waals surface area (Å²) in [7, 11) is 0. The summed E-state index contributed by atoms with van der Waals surface area (Å²) in [4.78, 5) is 4.45. The Morgan fingerprint density at radius 3 is 3.00 bits per heavy atom. The standard InChI is InChI=1S/C10H15BrN2O/c1-9(2)6-12-8-10(3,14-9)5-4-7(11)13-8/h4-5,8,12H,6H2,1-3H3. The third-order valence-corrected chi connectivity index (χ3v) is 3.03. The third-order valence-electron chi connectivity index (χ3n) is 2.56. The summed E-state index contributed by atoms with van der Waals surface area (Å²) < 4.78 is 6.91. The monoisotopic (exact) mass is 258 g/mol. The molecule has 1 fully saturated rings. The van der Waals surface area contributed by atoms with Crippen LogP contribution in [0.1, 0.15) is 20.8 Å². The Hall–Kier alpha value is -0.190. The van der Waals surface area contributed by atoms with E-state index in [9.17, 15) is 0 Å². The van der Waals surface area contributed by atoms with E-state index in [4.69, 9.17) is 4.74 Å². The number of hydrogen-bond acceptors (Lipinski definition) is 3. The molecule has 0 aromatic carbocycles. The van der Waals surface area contributed by atoms with Crippen molar-refractivity contribution in [2.75, 3.05) is 6.54 Å². The molecular formula is C10H15BrN2O. The molecule has 2 heterocycles. The lowest BCUT2D eigenvalue weighted by atomic mass is 9.94. The first kappa shape index (κ1) is 10.3. The van der Waals surface area contributed by atoms with E-state index in [0.717, 1.165) is 11.2 Å². The number of hydrogen-bond donors (Lipinski definition) is 1. The zero-order valence-electron chi connectivity index (χ0n) is 8.67. The Balaban J connectivity index is 2.26. The number of ether oxygens (including phenoxy) is 1. The van der Waals surface area contributed by atoms with Crippen LogP contribution >= 0.6 is 15.9 Å². The van der Waals surface area contributed by atoms with Crippen LogP contribution in [0.5, 0.6) is 0 Å². The van der Waals surface area contributed by atoms with E-state index < -0.39 is 0 Å². The zero-order chi connectivity index (χ0) is 10.4. The van der Waals surface area contributed by atoms with Gasteiger partial charge in [-0.15, -0.1) is 0 Å². The maximum Gasteiger partial charge on any atom is 0.134 e. The van der Waals surface area contributed by atoms with E-state index in [-0.39, 0.29) is 17.4 Å². The maximum absolute atomic E-state index is 6.04. The highest BCUT2D eigenvalue weighted by molar-refractivity contribution is 9.18. The van der Waals surface area contributed by atoms with Gasteiger partial charge in [-0.25, -0.2) is 0 Å². The normalized spacial score (nSPS) is 40.3. The largest absolute Gasteiger partial charge is 0.360 e. The van der Waals surface area contributed by atoms with Crippen molar-refractivity contribution >= 4 is 20.6 Å². The number of rotatable bonds is 0. The summed E-state index contributed by atoms with van der Waals surface area (Å²) in [5.74, 6) is 0. The van der Waals surface area contributed by atoms with Gasteiger partial charge in [-0.3, -0.25) is 10.3 Å². The van der Waals surface area contributed by atoms with E-state index in [0.29, 0.717) is 0 Å². The lowest BCUT2D eigenvalue weighted by molar-refractivity contribution is -0.148. The van der Waals surface area contributed by atoms with Gasteiger partial charge in [0.1, 0.15) is 16.4 Å². The van der Waals surface area contributed by atoms with E-state index in [1.54, 1.807) is 0 Å². The van der Waals surface area contributed by atoms with Crippen molar-refractivity contribution in [2.45, 2.75) is 38.1 Å².